The van der Waals surface area contributed by atoms with Crippen molar-refractivity contribution in [2.75, 3.05) is 0 Å². The minimum atomic E-state index is 0.215. The Morgan fingerprint density at radius 3 is 2.27 bits per heavy atom. The lowest BCUT2D eigenvalue weighted by molar-refractivity contribution is 0.331. The van der Waals surface area contributed by atoms with Gasteiger partial charge in [-0.05, 0) is 25.2 Å². The molecule has 2 aliphatic carbocycles. The van der Waals surface area contributed by atoms with Crippen LogP contribution in [-0.4, -0.2) is 5.71 Å². The third kappa shape index (κ3) is 0.692. The van der Waals surface area contributed by atoms with Crippen LogP contribution in [0.2, 0.25) is 0 Å². The third-order valence-electron chi connectivity index (χ3n) is 4.01. The summed E-state index contributed by atoms with van der Waals surface area (Å²) in [6.07, 6.45) is 3.89. The molecular formula is C10H17N. The lowest BCUT2D eigenvalue weighted by Crippen LogP contribution is -2.34. The van der Waals surface area contributed by atoms with Gasteiger partial charge in [-0.15, -0.1) is 0 Å². The summed E-state index contributed by atoms with van der Waals surface area (Å²) in [5.41, 5.74) is 1.52. The van der Waals surface area contributed by atoms with Crippen LogP contribution in [0.4, 0.5) is 0 Å². The first-order valence-electron chi connectivity index (χ1n) is 4.56. The van der Waals surface area contributed by atoms with Gasteiger partial charge in [0, 0.05) is 16.5 Å². The van der Waals surface area contributed by atoms with E-state index < -0.39 is 0 Å². The van der Waals surface area contributed by atoms with E-state index in [1.807, 2.05) is 0 Å². The molecule has 0 spiro atoms. The van der Waals surface area contributed by atoms with Gasteiger partial charge < -0.3 is 5.41 Å². The monoisotopic (exact) mass is 151 g/mol. The number of fused-ring (bicyclic) bond motifs is 2. The number of rotatable bonds is 0. The molecule has 2 saturated carbocycles. The van der Waals surface area contributed by atoms with E-state index in [-0.39, 0.29) is 10.8 Å². The van der Waals surface area contributed by atoms with E-state index in [0.717, 1.165) is 11.6 Å². The summed E-state index contributed by atoms with van der Waals surface area (Å²) in [5, 5.41) is 8.04. The summed E-state index contributed by atoms with van der Waals surface area (Å²) in [6.45, 7) is 6.75. The molecule has 2 bridgehead atoms. The van der Waals surface area contributed by atoms with E-state index in [1.165, 1.54) is 19.3 Å². The van der Waals surface area contributed by atoms with E-state index in [4.69, 9.17) is 5.41 Å². The zero-order chi connectivity index (χ0) is 8.28. The third-order valence-corrected chi connectivity index (χ3v) is 4.01. The second kappa shape index (κ2) is 1.70. The molecule has 62 valence electrons. The quantitative estimate of drug-likeness (QED) is 0.550. The topological polar surface area (TPSA) is 23.9 Å². The van der Waals surface area contributed by atoms with Crippen molar-refractivity contribution >= 4 is 5.71 Å². The maximum Gasteiger partial charge on any atom is 0.0207 e. The van der Waals surface area contributed by atoms with E-state index in [1.54, 1.807) is 0 Å². The van der Waals surface area contributed by atoms with Crippen molar-refractivity contribution in [3.8, 4) is 0 Å². The minimum Gasteiger partial charge on any atom is -0.309 e. The Balaban J connectivity index is 2.42. The van der Waals surface area contributed by atoms with Gasteiger partial charge in [-0.3, -0.25) is 0 Å². The van der Waals surface area contributed by atoms with Gasteiger partial charge in [0.1, 0.15) is 0 Å². The molecule has 0 aromatic carbocycles. The van der Waals surface area contributed by atoms with Crippen molar-refractivity contribution in [3.05, 3.63) is 0 Å². The van der Waals surface area contributed by atoms with Gasteiger partial charge in [0.2, 0.25) is 0 Å². The Morgan fingerprint density at radius 1 is 1.36 bits per heavy atom. The lowest BCUT2D eigenvalue weighted by atomic mass is 9.71. The molecule has 2 unspecified atom stereocenters. The zero-order valence-corrected chi connectivity index (χ0v) is 7.70. The van der Waals surface area contributed by atoms with E-state index in [0.29, 0.717) is 0 Å². The van der Waals surface area contributed by atoms with Gasteiger partial charge >= 0.3 is 0 Å². The van der Waals surface area contributed by atoms with Crippen LogP contribution in [0.15, 0.2) is 0 Å². The van der Waals surface area contributed by atoms with Gasteiger partial charge in [0.05, 0.1) is 0 Å². The number of hydrogen-bond donors (Lipinski definition) is 1. The molecule has 0 saturated heterocycles. The SMILES string of the molecule is CC12CCC(C1)C(C)(C)C2=N. The first kappa shape index (κ1) is 7.33. The second-order valence-corrected chi connectivity index (χ2v) is 5.10. The van der Waals surface area contributed by atoms with Crippen LogP contribution in [0.3, 0.4) is 0 Å². The Kier molecular flexibility index (Phi) is 1.13. The smallest absolute Gasteiger partial charge is 0.0207 e. The average molecular weight is 151 g/mol. The largest absolute Gasteiger partial charge is 0.309 e. The summed E-state index contributed by atoms with van der Waals surface area (Å²) in [6, 6.07) is 0. The standard InChI is InChI=1S/C10H17N/c1-9(2)7-4-5-10(3,6-7)8(9)11/h7,11H,4-6H2,1-3H3. The highest BCUT2D eigenvalue weighted by molar-refractivity contribution is 5.95. The van der Waals surface area contributed by atoms with Crippen LogP contribution >= 0.6 is 0 Å². The Labute approximate surface area is 68.7 Å². The van der Waals surface area contributed by atoms with Crippen molar-refractivity contribution < 1.29 is 0 Å². The highest BCUT2D eigenvalue weighted by Gasteiger charge is 2.56. The lowest BCUT2D eigenvalue weighted by Gasteiger charge is -2.34. The van der Waals surface area contributed by atoms with Crippen LogP contribution < -0.4 is 0 Å². The fraction of sp³-hybridized carbons (Fsp3) is 0.900. The van der Waals surface area contributed by atoms with Crippen molar-refractivity contribution in [1.29, 1.82) is 5.41 Å². The molecule has 0 radical (unpaired) electrons. The summed E-state index contributed by atoms with van der Waals surface area (Å²) >= 11 is 0. The molecule has 2 atom stereocenters. The van der Waals surface area contributed by atoms with Gasteiger partial charge in [0.25, 0.3) is 0 Å². The Hall–Kier alpha value is -0.330. The first-order valence-corrected chi connectivity index (χ1v) is 4.56. The molecule has 2 fully saturated rings. The molecule has 11 heavy (non-hydrogen) atoms. The van der Waals surface area contributed by atoms with Crippen LogP contribution in [0.1, 0.15) is 40.0 Å². The predicted octanol–water partition coefficient (Wildman–Crippen LogP) is 2.85. The van der Waals surface area contributed by atoms with Crippen molar-refractivity contribution in [1.82, 2.24) is 0 Å². The zero-order valence-electron chi connectivity index (χ0n) is 7.70. The average Bonchev–Trinajstić information content (AvgIpc) is 2.36. The molecule has 2 rings (SSSR count). The highest BCUT2D eigenvalue weighted by Crippen LogP contribution is 2.59. The van der Waals surface area contributed by atoms with E-state index in [2.05, 4.69) is 20.8 Å². The molecule has 0 amide bonds. The second-order valence-electron chi connectivity index (χ2n) is 5.10. The van der Waals surface area contributed by atoms with Gasteiger partial charge in [-0.2, -0.15) is 0 Å². The fourth-order valence-electron chi connectivity index (χ4n) is 3.07. The molecule has 2 aliphatic rings. The Bertz CT molecular complexity index is 210. The summed E-state index contributed by atoms with van der Waals surface area (Å²) < 4.78 is 0. The number of nitrogens with one attached hydrogen (secondary N) is 1. The minimum absolute atomic E-state index is 0.215. The van der Waals surface area contributed by atoms with Crippen LogP contribution in [0, 0.1) is 22.2 Å². The number of hydrogen-bond acceptors (Lipinski definition) is 1. The highest BCUT2D eigenvalue weighted by atomic mass is 14.7. The summed E-state index contributed by atoms with van der Waals surface area (Å²) in [4.78, 5) is 0. The molecule has 0 aromatic rings. The van der Waals surface area contributed by atoms with Crippen LogP contribution in [0.5, 0.6) is 0 Å². The van der Waals surface area contributed by atoms with Gasteiger partial charge in [-0.25, -0.2) is 0 Å². The molecule has 1 heteroatoms. The summed E-state index contributed by atoms with van der Waals surface area (Å²) in [5.74, 6) is 0.806. The molecule has 0 aromatic heterocycles. The predicted molar refractivity (Wildman–Crippen MR) is 47.0 cm³/mol. The molecule has 0 aliphatic heterocycles. The van der Waals surface area contributed by atoms with Crippen LogP contribution in [-0.2, 0) is 0 Å². The van der Waals surface area contributed by atoms with Crippen LogP contribution in [0.25, 0.3) is 0 Å². The van der Waals surface area contributed by atoms with Crippen molar-refractivity contribution in [2.45, 2.75) is 40.0 Å². The van der Waals surface area contributed by atoms with Gasteiger partial charge in [-0.1, -0.05) is 20.8 Å². The molecule has 1 N–H and O–H groups in total. The van der Waals surface area contributed by atoms with Crippen molar-refractivity contribution in [2.24, 2.45) is 16.7 Å². The first-order chi connectivity index (χ1) is 4.97. The molecular weight excluding hydrogens is 134 g/mol. The maximum absolute atomic E-state index is 8.04. The van der Waals surface area contributed by atoms with E-state index >= 15 is 0 Å². The molecule has 0 heterocycles. The molecule has 1 nitrogen and oxygen atoms in total. The fourth-order valence-corrected chi connectivity index (χ4v) is 3.07. The van der Waals surface area contributed by atoms with Gasteiger partial charge in [0.15, 0.2) is 0 Å². The summed E-state index contributed by atoms with van der Waals surface area (Å²) in [7, 11) is 0. The Morgan fingerprint density at radius 2 is 2.00 bits per heavy atom. The van der Waals surface area contributed by atoms with Crippen molar-refractivity contribution in [3.63, 3.8) is 0 Å². The maximum atomic E-state index is 8.04. The van der Waals surface area contributed by atoms with E-state index in [9.17, 15) is 0 Å². The normalized spacial score (nSPS) is 46.8.